The number of hydrogen-bond donors (Lipinski definition) is 0. The second-order valence-electron chi connectivity index (χ2n) is 5.95. The topological polar surface area (TPSA) is 78.2 Å². The van der Waals surface area contributed by atoms with Crippen LogP contribution in [0.5, 0.6) is 0 Å². The SMILES string of the molecule is Cc1noc(C)c1CCn1ccn2nc(-c3cccnc3)cc2c1=O. The van der Waals surface area contributed by atoms with E-state index in [4.69, 9.17) is 4.52 Å². The molecule has 4 rings (SSSR count). The molecular weight excluding hydrogens is 318 g/mol. The minimum Gasteiger partial charge on any atom is -0.361 e. The van der Waals surface area contributed by atoms with Crippen LogP contribution in [0.3, 0.4) is 0 Å². The highest BCUT2D eigenvalue weighted by Gasteiger charge is 2.12. The van der Waals surface area contributed by atoms with Gasteiger partial charge in [-0.05, 0) is 38.5 Å². The van der Waals surface area contributed by atoms with Gasteiger partial charge >= 0.3 is 0 Å². The molecule has 0 aliphatic carbocycles. The van der Waals surface area contributed by atoms with E-state index in [0.29, 0.717) is 18.5 Å². The van der Waals surface area contributed by atoms with Crippen molar-refractivity contribution in [1.82, 2.24) is 24.3 Å². The van der Waals surface area contributed by atoms with Gasteiger partial charge in [0.05, 0.1) is 11.4 Å². The molecule has 126 valence electrons. The van der Waals surface area contributed by atoms with Crippen LogP contribution in [0, 0.1) is 13.8 Å². The van der Waals surface area contributed by atoms with E-state index in [0.717, 1.165) is 28.3 Å². The van der Waals surface area contributed by atoms with Crippen LogP contribution in [0.25, 0.3) is 16.8 Å². The largest absolute Gasteiger partial charge is 0.361 e. The molecule has 0 aliphatic rings. The van der Waals surface area contributed by atoms with Gasteiger partial charge in [-0.3, -0.25) is 9.78 Å². The van der Waals surface area contributed by atoms with E-state index in [1.807, 2.05) is 26.0 Å². The molecule has 7 heteroatoms. The summed E-state index contributed by atoms with van der Waals surface area (Å²) in [6, 6.07) is 5.57. The molecule has 4 heterocycles. The zero-order chi connectivity index (χ0) is 17.4. The summed E-state index contributed by atoms with van der Waals surface area (Å²) in [6.45, 7) is 4.36. The van der Waals surface area contributed by atoms with Crippen molar-refractivity contribution in [3.8, 4) is 11.3 Å². The fraction of sp³-hybridized carbons (Fsp3) is 0.222. The number of aryl methyl sites for hydroxylation is 3. The van der Waals surface area contributed by atoms with Gasteiger partial charge in [0.2, 0.25) is 0 Å². The van der Waals surface area contributed by atoms with Crippen LogP contribution in [-0.4, -0.2) is 24.3 Å². The van der Waals surface area contributed by atoms with E-state index >= 15 is 0 Å². The maximum absolute atomic E-state index is 12.7. The fourth-order valence-corrected chi connectivity index (χ4v) is 2.95. The first kappa shape index (κ1) is 15.3. The number of rotatable bonds is 4. The van der Waals surface area contributed by atoms with Crippen LogP contribution < -0.4 is 5.56 Å². The number of nitrogens with zero attached hydrogens (tertiary/aromatic N) is 5. The van der Waals surface area contributed by atoms with E-state index in [9.17, 15) is 4.79 Å². The van der Waals surface area contributed by atoms with Gasteiger partial charge in [0.15, 0.2) is 0 Å². The number of fused-ring (bicyclic) bond motifs is 1. The molecule has 0 fully saturated rings. The molecule has 4 aromatic heterocycles. The Morgan fingerprint density at radius 1 is 1.24 bits per heavy atom. The van der Waals surface area contributed by atoms with E-state index < -0.39 is 0 Å². The normalized spacial score (nSPS) is 11.3. The van der Waals surface area contributed by atoms with Gasteiger partial charge in [-0.15, -0.1) is 0 Å². The fourth-order valence-electron chi connectivity index (χ4n) is 2.95. The first-order valence-corrected chi connectivity index (χ1v) is 8.04. The lowest BCUT2D eigenvalue weighted by Crippen LogP contribution is -2.22. The first-order chi connectivity index (χ1) is 12.1. The number of pyridine rings is 1. The van der Waals surface area contributed by atoms with Gasteiger partial charge in [-0.1, -0.05) is 5.16 Å². The van der Waals surface area contributed by atoms with Crippen molar-refractivity contribution >= 4 is 5.52 Å². The Balaban J connectivity index is 1.67. The van der Waals surface area contributed by atoms with E-state index in [1.54, 1.807) is 39.9 Å². The second kappa shape index (κ2) is 6.01. The number of hydrogen-bond acceptors (Lipinski definition) is 5. The van der Waals surface area contributed by atoms with Crippen molar-refractivity contribution < 1.29 is 4.52 Å². The van der Waals surface area contributed by atoms with Crippen LogP contribution >= 0.6 is 0 Å². The Hall–Kier alpha value is -3.22. The summed E-state index contributed by atoms with van der Waals surface area (Å²) >= 11 is 0. The van der Waals surface area contributed by atoms with Crippen LogP contribution in [0.1, 0.15) is 17.0 Å². The average Bonchev–Trinajstić information content (AvgIpc) is 3.20. The molecule has 0 saturated heterocycles. The summed E-state index contributed by atoms with van der Waals surface area (Å²) in [5.74, 6) is 0.801. The lowest BCUT2D eigenvalue weighted by Gasteiger charge is -2.05. The molecule has 4 aromatic rings. The average molecular weight is 335 g/mol. The molecule has 25 heavy (non-hydrogen) atoms. The zero-order valence-corrected chi connectivity index (χ0v) is 14.0. The smallest absolute Gasteiger partial charge is 0.276 e. The Kier molecular flexibility index (Phi) is 3.68. The van der Waals surface area contributed by atoms with Crippen molar-refractivity contribution in [3.63, 3.8) is 0 Å². The maximum Gasteiger partial charge on any atom is 0.276 e. The van der Waals surface area contributed by atoms with Gasteiger partial charge in [0.25, 0.3) is 5.56 Å². The summed E-state index contributed by atoms with van der Waals surface area (Å²) in [5.41, 5.74) is 4.00. The van der Waals surface area contributed by atoms with Crippen LogP contribution in [-0.2, 0) is 13.0 Å². The maximum atomic E-state index is 12.7. The first-order valence-electron chi connectivity index (χ1n) is 8.04. The summed E-state index contributed by atoms with van der Waals surface area (Å²) in [5, 5.41) is 8.42. The van der Waals surface area contributed by atoms with Gasteiger partial charge in [-0.2, -0.15) is 5.10 Å². The molecule has 0 N–H and O–H groups in total. The third kappa shape index (κ3) is 2.73. The zero-order valence-electron chi connectivity index (χ0n) is 14.0. The summed E-state index contributed by atoms with van der Waals surface area (Å²) < 4.78 is 8.48. The lowest BCUT2D eigenvalue weighted by atomic mass is 10.1. The highest BCUT2D eigenvalue weighted by Crippen LogP contribution is 2.17. The predicted octanol–water partition coefficient (Wildman–Crippen LogP) is 2.41. The molecule has 0 aliphatic heterocycles. The van der Waals surface area contributed by atoms with Crippen molar-refractivity contribution in [2.45, 2.75) is 26.8 Å². The van der Waals surface area contributed by atoms with Crippen molar-refractivity contribution in [2.75, 3.05) is 0 Å². The molecule has 7 nitrogen and oxygen atoms in total. The Bertz CT molecular complexity index is 1070. The van der Waals surface area contributed by atoms with Gasteiger partial charge < -0.3 is 9.09 Å². The van der Waals surface area contributed by atoms with Crippen LogP contribution in [0.2, 0.25) is 0 Å². The highest BCUT2D eigenvalue weighted by atomic mass is 16.5. The standard InChI is InChI=1S/C18H17N5O2/c1-12-15(13(2)25-21-12)5-7-22-8-9-23-17(18(22)24)10-16(20-23)14-4-3-6-19-11-14/h3-4,6,8-11H,5,7H2,1-2H3. The molecule has 0 bridgehead atoms. The quantitative estimate of drug-likeness (QED) is 0.572. The van der Waals surface area contributed by atoms with Crippen LogP contribution in [0.15, 0.2) is 52.3 Å². The minimum atomic E-state index is -0.0723. The third-order valence-electron chi connectivity index (χ3n) is 4.34. The van der Waals surface area contributed by atoms with Gasteiger partial charge in [0, 0.05) is 42.5 Å². The summed E-state index contributed by atoms with van der Waals surface area (Å²) in [4.78, 5) is 16.8. The Morgan fingerprint density at radius 2 is 2.12 bits per heavy atom. The Labute approximate surface area is 143 Å². The summed E-state index contributed by atoms with van der Waals surface area (Å²) in [7, 11) is 0. The highest BCUT2D eigenvalue weighted by molar-refractivity contribution is 5.64. The second-order valence-corrected chi connectivity index (χ2v) is 5.95. The van der Waals surface area contributed by atoms with E-state index in [1.165, 1.54) is 0 Å². The van der Waals surface area contributed by atoms with Gasteiger partial charge in [0.1, 0.15) is 11.3 Å². The van der Waals surface area contributed by atoms with Crippen molar-refractivity contribution in [3.05, 3.63) is 70.4 Å². The molecule has 0 amide bonds. The third-order valence-corrected chi connectivity index (χ3v) is 4.34. The molecule has 0 spiro atoms. The molecule has 0 atom stereocenters. The van der Waals surface area contributed by atoms with Crippen molar-refractivity contribution in [2.24, 2.45) is 0 Å². The molecular formula is C18H17N5O2. The monoisotopic (exact) mass is 335 g/mol. The summed E-state index contributed by atoms with van der Waals surface area (Å²) in [6.07, 6.45) is 7.69. The molecule has 0 aromatic carbocycles. The van der Waals surface area contributed by atoms with E-state index in [-0.39, 0.29) is 5.56 Å². The predicted molar refractivity (Wildman–Crippen MR) is 92.4 cm³/mol. The molecule has 0 radical (unpaired) electrons. The van der Waals surface area contributed by atoms with Crippen LogP contribution in [0.4, 0.5) is 0 Å². The lowest BCUT2D eigenvalue weighted by molar-refractivity contribution is 0.392. The van der Waals surface area contributed by atoms with E-state index in [2.05, 4.69) is 15.2 Å². The molecule has 0 saturated carbocycles. The molecule has 0 unspecified atom stereocenters. The minimum absolute atomic E-state index is 0.0723. The van der Waals surface area contributed by atoms with Crippen molar-refractivity contribution in [1.29, 1.82) is 0 Å². The van der Waals surface area contributed by atoms with Gasteiger partial charge in [-0.25, -0.2) is 4.52 Å². The Morgan fingerprint density at radius 3 is 2.84 bits per heavy atom. The number of aromatic nitrogens is 5.